The molecule has 0 unspecified atom stereocenters. The Morgan fingerprint density at radius 2 is 1.72 bits per heavy atom. The van der Waals surface area contributed by atoms with E-state index in [2.05, 4.69) is 12.1 Å². The number of hydrogen-bond acceptors (Lipinski definition) is 2. The first-order valence-corrected chi connectivity index (χ1v) is 5.91. The summed E-state index contributed by atoms with van der Waals surface area (Å²) in [7, 11) is 0. The summed E-state index contributed by atoms with van der Waals surface area (Å²) < 4.78 is 0. The summed E-state index contributed by atoms with van der Waals surface area (Å²) in [6, 6.07) is 16.2. The topological polar surface area (TPSA) is 44.0 Å². The molecule has 0 spiro atoms. The lowest BCUT2D eigenvalue weighted by Crippen LogP contribution is -1.89. The van der Waals surface area contributed by atoms with Crippen LogP contribution in [0.5, 0.6) is 0 Å². The molecule has 0 aromatic heterocycles. The smallest absolute Gasteiger partial charge is 0.0681 e. The fourth-order valence-corrected chi connectivity index (χ4v) is 1.96. The first-order valence-electron chi connectivity index (χ1n) is 5.91. The van der Waals surface area contributed by atoms with Gasteiger partial charge in [0.1, 0.15) is 0 Å². The summed E-state index contributed by atoms with van der Waals surface area (Å²) in [5.41, 5.74) is 5.39. The Morgan fingerprint density at radius 1 is 1.06 bits per heavy atom. The molecule has 2 heteroatoms. The van der Waals surface area contributed by atoms with Crippen molar-refractivity contribution in [1.82, 2.24) is 0 Å². The van der Waals surface area contributed by atoms with Gasteiger partial charge >= 0.3 is 0 Å². The fraction of sp³-hybridized carbons (Fsp3) is 0.188. The molecule has 90 valence electrons. The van der Waals surface area contributed by atoms with Gasteiger partial charge < -0.3 is 5.11 Å². The monoisotopic (exact) mass is 237 g/mol. The second-order valence-electron chi connectivity index (χ2n) is 4.33. The Labute approximate surface area is 107 Å². The lowest BCUT2D eigenvalue weighted by molar-refractivity contribution is 0.282. The zero-order valence-corrected chi connectivity index (χ0v) is 10.4. The predicted molar refractivity (Wildman–Crippen MR) is 71.9 cm³/mol. The van der Waals surface area contributed by atoms with Gasteiger partial charge in [-0.05, 0) is 34.7 Å². The first-order chi connectivity index (χ1) is 8.74. The van der Waals surface area contributed by atoms with E-state index in [4.69, 9.17) is 10.4 Å². The van der Waals surface area contributed by atoms with Crippen molar-refractivity contribution in [3.63, 3.8) is 0 Å². The zero-order chi connectivity index (χ0) is 13.0. The third-order valence-corrected chi connectivity index (χ3v) is 3.08. The molecule has 0 atom stereocenters. The van der Waals surface area contributed by atoms with Gasteiger partial charge in [-0.3, -0.25) is 0 Å². The van der Waals surface area contributed by atoms with Gasteiger partial charge in [-0.1, -0.05) is 42.5 Å². The van der Waals surface area contributed by atoms with E-state index in [0.717, 1.165) is 27.8 Å². The average Bonchev–Trinajstić information content (AvgIpc) is 2.41. The van der Waals surface area contributed by atoms with Crippen molar-refractivity contribution in [2.45, 2.75) is 20.0 Å². The molecular weight excluding hydrogens is 222 g/mol. The average molecular weight is 237 g/mol. The minimum absolute atomic E-state index is 0.0699. The van der Waals surface area contributed by atoms with Crippen molar-refractivity contribution in [3.8, 4) is 17.2 Å². The van der Waals surface area contributed by atoms with Gasteiger partial charge in [0.15, 0.2) is 0 Å². The Hall–Kier alpha value is -2.11. The summed E-state index contributed by atoms with van der Waals surface area (Å²) in [6.07, 6.45) is 0.454. The molecule has 0 bridgehead atoms. The van der Waals surface area contributed by atoms with Crippen LogP contribution in [0.4, 0.5) is 0 Å². The van der Waals surface area contributed by atoms with Gasteiger partial charge in [0.05, 0.1) is 19.1 Å². The quantitative estimate of drug-likeness (QED) is 0.890. The number of aryl methyl sites for hydroxylation is 1. The molecule has 0 amide bonds. The van der Waals surface area contributed by atoms with Crippen LogP contribution in [-0.4, -0.2) is 5.11 Å². The van der Waals surface area contributed by atoms with Crippen LogP contribution in [0.15, 0.2) is 42.5 Å². The van der Waals surface area contributed by atoms with Gasteiger partial charge in [0.2, 0.25) is 0 Å². The Bertz CT molecular complexity index is 579. The normalized spacial score (nSPS) is 10.1. The first kappa shape index (κ1) is 12.3. The minimum atomic E-state index is 0.0699. The van der Waals surface area contributed by atoms with Gasteiger partial charge in [0.25, 0.3) is 0 Å². The SMILES string of the molecule is Cc1cc(-c2ccc(CO)cc2)ccc1CC#N. The summed E-state index contributed by atoms with van der Waals surface area (Å²) in [5.74, 6) is 0. The van der Waals surface area contributed by atoms with Crippen molar-refractivity contribution in [1.29, 1.82) is 5.26 Å². The third kappa shape index (κ3) is 2.58. The molecule has 0 aliphatic carbocycles. The molecule has 2 nitrogen and oxygen atoms in total. The van der Waals surface area contributed by atoms with Crippen LogP contribution in [0.3, 0.4) is 0 Å². The highest BCUT2D eigenvalue weighted by Crippen LogP contribution is 2.23. The van der Waals surface area contributed by atoms with Gasteiger partial charge in [-0.15, -0.1) is 0 Å². The highest BCUT2D eigenvalue weighted by Gasteiger charge is 2.02. The molecule has 2 aromatic rings. The number of rotatable bonds is 3. The Kier molecular flexibility index (Phi) is 3.76. The van der Waals surface area contributed by atoms with Gasteiger partial charge in [-0.2, -0.15) is 5.26 Å². The Balaban J connectivity index is 2.33. The molecule has 18 heavy (non-hydrogen) atoms. The summed E-state index contributed by atoms with van der Waals surface area (Å²) in [4.78, 5) is 0. The van der Waals surface area contributed by atoms with Crippen LogP contribution in [0.25, 0.3) is 11.1 Å². The second kappa shape index (κ2) is 5.48. The summed E-state index contributed by atoms with van der Waals surface area (Å²) in [6.45, 7) is 2.10. The fourth-order valence-electron chi connectivity index (χ4n) is 1.96. The molecule has 0 radical (unpaired) electrons. The van der Waals surface area contributed by atoms with Crippen molar-refractivity contribution in [2.24, 2.45) is 0 Å². The van der Waals surface area contributed by atoms with E-state index in [1.807, 2.05) is 43.3 Å². The van der Waals surface area contributed by atoms with Crippen LogP contribution in [0.1, 0.15) is 16.7 Å². The molecule has 0 saturated heterocycles. The van der Waals surface area contributed by atoms with Crippen molar-refractivity contribution >= 4 is 0 Å². The molecule has 0 fully saturated rings. The standard InChI is InChI=1S/C16H15NO/c1-12-10-16(7-6-14(12)8-9-17)15-4-2-13(11-18)3-5-15/h2-7,10,18H,8,11H2,1H3. The van der Waals surface area contributed by atoms with E-state index in [0.29, 0.717) is 6.42 Å². The largest absolute Gasteiger partial charge is 0.392 e. The lowest BCUT2D eigenvalue weighted by atomic mass is 9.98. The lowest BCUT2D eigenvalue weighted by Gasteiger charge is -2.07. The van der Waals surface area contributed by atoms with E-state index in [1.54, 1.807) is 0 Å². The van der Waals surface area contributed by atoms with E-state index < -0.39 is 0 Å². The van der Waals surface area contributed by atoms with Crippen molar-refractivity contribution in [2.75, 3.05) is 0 Å². The van der Waals surface area contributed by atoms with Crippen molar-refractivity contribution in [3.05, 3.63) is 59.2 Å². The minimum Gasteiger partial charge on any atom is -0.392 e. The summed E-state index contributed by atoms with van der Waals surface area (Å²) in [5, 5.41) is 17.7. The number of aliphatic hydroxyl groups is 1. The van der Waals surface area contributed by atoms with Crippen LogP contribution in [-0.2, 0) is 13.0 Å². The molecule has 0 aliphatic rings. The molecule has 0 aliphatic heterocycles. The molecule has 2 rings (SSSR count). The predicted octanol–water partition coefficient (Wildman–Crippen LogP) is 3.22. The third-order valence-electron chi connectivity index (χ3n) is 3.08. The number of benzene rings is 2. The highest BCUT2D eigenvalue weighted by molar-refractivity contribution is 5.65. The van der Waals surface area contributed by atoms with E-state index in [1.165, 1.54) is 0 Å². The van der Waals surface area contributed by atoms with Crippen LogP contribution in [0.2, 0.25) is 0 Å². The van der Waals surface area contributed by atoms with Crippen LogP contribution in [0, 0.1) is 18.3 Å². The maximum absolute atomic E-state index is 9.01. The van der Waals surface area contributed by atoms with Crippen LogP contribution < -0.4 is 0 Å². The molecule has 0 saturated carbocycles. The molecule has 1 N–H and O–H groups in total. The second-order valence-corrected chi connectivity index (χ2v) is 4.33. The van der Waals surface area contributed by atoms with Gasteiger partial charge in [-0.25, -0.2) is 0 Å². The molecule has 0 heterocycles. The van der Waals surface area contributed by atoms with E-state index in [-0.39, 0.29) is 6.61 Å². The summed E-state index contributed by atoms with van der Waals surface area (Å²) >= 11 is 0. The zero-order valence-electron chi connectivity index (χ0n) is 10.4. The molecular formula is C16H15NO. The maximum Gasteiger partial charge on any atom is 0.0681 e. The van der Waals surface area contributed by atoms with Crippen molar-refractivity contribution < 1.29 is 5.11 Å². The number of hydrogen-bond donors (Lipinski definition) is 1. The van der Waals surface area contributed by atoms with Gasteiger partial charge in [0, 0.05) is 0 Å². The van der Waals surface area contributed by atoms with Crippen LogP contribution >= 0.6 is 0 Å². The maximum atomic E-state index is 9.01. The highest BCUT2D eigenvalue weighted by atomic mass is 16.3. The number of nitrogens with zero attached hydrogens (tertiary/aromatic N) is 1. The molecule has 2 aromatic carbocycles. The number of nitriles is 1. The Morgan fingerprint density at radius 3 is 2.28 bits per heavy atom. The number of aliphatic hydroxyl groups excluding tert-OH is 1. The van der Waals surface area contributed by atoms with E-state index >= 15 is 0 Å². The van der Waals surface area contributed by atoms with E-state index in [9.17, 15) is 0 Å².